The number of benzene rings is 2. The van der Waals surface area contributed by atoms with Gasteiger partial charge in [-0.05, 0) is 44.4 Å². The molecule has 0 aliphatic heterocycles. The Labute approximate surface area is 190 Å². The lowest BCUT2D eigenvalue weighted by molar-refractivity contribution is -0.305. The number of carbonyl (C=O) groups excluding carboxylic acids is 2. The minimum absolute atomic E-state index is 0.00818. The average Bonchev–Trinajstić information content (AvgIpc) is 3.11. The zero-order valence-electron chi connectivity index (χ0n) is 18.7. The van der Waals surface area contributed by atoms with Gasteiger partial charge in [0.1, 0.15) is 16.9 Å². The second kappa shape index (κ2) is 8.94. The van der Waals surface area contributed by atoms with Gasteiger partial charge in [0, 0.05) is 52.8 Å². The Bertz CT molecular complexity index is 1430. The molecular weight excluding hydrogens is 422 g/mol. The molecule has 2 aromatic carbocycles. The Morgan fingerprint density at radius 3 is 2.33 bits per heavy atom. The third-order valence-corrected chi connectivity index (χ3v) is 5.95. The van der Waals surface area contributed by atoms with Gasteiger partial charge in [-0.25, -0.2) is 4.79 Å². The molecule has 4 aromatic rings. The lowest BCUT2D eigenvalue weighted by Crippen LogP contribution is -2.31. The van der Waals surface area contributed by atoms with Crippen molar-refractivity contribution in [2.75, 3.05) is 6.54 Å². The lowest BCUT2D eigenvalue weighted by atomic mass is 9.96. The summed E-state index contributed by atoms with van der Waals surface area (Å²) in [5, 5.41) is 14.7. The van der Waals surface area contributed by atoms with Crippen LogP contribution in [0.3, 0.4) is 0 Å². The quantitative estimate of drug-likeness (QED) is 0.436. The average molecular weight is 446 g/mol. The number of nitrogens with one attached hydrogen (secondary N) is 1. The van der Waals surface area contributed by atoms with Crippen LogP contribution in [0.25, 0.3) is 33.1 Å². The molecule has 0 spiro atoms. The van der Waals surface area contributed by atoms with Crippen molar-refractivity contribution < 1.29 is 23.5 Å². The summed E-state index contributed by atoms with van der Waals surface area (Å²) < 4.78 is 11.8. The van der Waals surface area contributed by atoms with Gasteiger partial charge in [-0.2, -0.15) is 0 Å². The number of amides is 1. The highest BCUT2D eigenvalue weighted by Gasteiger charge is 2.21. The first-order chi connectivity index (χ1) is 15.8. The van der Waals surface area contributed by atoms with E-state index in [0.29, 0.717) is 16.7 Å². The molecule has 2 aromatic heterocycles. The van der Waals surface area contributed by atoms with E-state index in [9.17, 15) is 19.5 Å². The molecule has 0 saturated carbocycles. The number of carbonyl (C=O) groups is 2. The normalized spacial score (nSPS) is 11.2. The van der Waals surface area contributed by atoms with Gasteiger partial charge in [-0.1, -0.05) is 30.3 Å². The maximum atomic E-state index is 12.7. The number of hydrogen-bond acceptors (Lipinski definition) is 6. The fourth-order valence-corrected chi connectivity index (χ4v) is 4.26. The summed E-state index contributed by atoms with van der Waals surface area (Å²) >= 11 is 0. The molecule has 0 atom stereocenters. The monoisotopic (exact) mass is 446 g/mol. The standard InChI is InChI=1S/C26H25NO6/c1-14-18(9-10-21(28)27-12-11-22(29)30)26(31)33-24-15(2)25-20(13-19(14)24)23(16(3)32-25)17-7-5-4-6-8-17/h4-8,13H,9-12H2,1-3H3,(H,27,28)(H,29,30)/p-1. The Hall–Kier alpha value is -3.87. The Kier molecular flexibility index (Phi) is 6.05. The lowest BCUT2D eigenvalue weighted by Gasteiger charge is -2.11. The van der Waals surface area contributed by atoms with Crippen molar-refractivity contribution in [2.24, 2.45) is 0 Å². The SMILES string of the molecule is Cc1oc2c(C)c3oc(=O)c(CCC(=O)NCCC(=O)[O-])c(C)c3cc2c1-c1ccccc1. The summed E-state index contributed by atoms with van der Waals surface area (Å²) in [5.74, 6) is -0.783. The van der Waals surface area contributed by atoms with Crippen LogP contribution in [0, 0.1) is 20.8 Å². The largest absolute Gasteiger partial charge is 0.550 e. The van der Waals surface area contributed by atoms with Gasteiger partial charge in [0.2, 0.25) is 5.91 Å². The van der Waals surface area contributed by atoms with E-state index in [4.69, 9.17) is 8.83 Å². The fourth-order valence-electron chi connectivity index (χ4n) is 4.26. The zero-order valence-corrected chi connectivity index (χ0v) is 18.7. The highest BCUT2D eigenvalue weighted by Crippen LogP contribution is 2.39. The van der Waals surface area contributed by atoms with Gasteiger partial charge in [0.15, 0.2) is 0 Å². The van der Waals surface area contributed by atoms with Crippen LogP contribution in [0.2, 0.25) is 0 Å². The van der Waals surface area contributed by atoms with Crippen LogP contribution in [-0.4, -0.2) is 18.4 Å². The summed E-state index contributed by atoms with van der Waals surface area (Å²) in [5.41, 5.74) is 4.63. The third kappa shape index (κ3) is 4.26. The van der Waals surface area contributed by atoms with Gasteiger partial charge in [-0.15, -0.1) is 0 Å². The van der Waals surface area contributed by atoms with E-state index in [0.717, 1.165) is 38.8 Å². The maximum Gasteiger partial charge on any atom is 0.339 e. The summed E-state index contributed by atoms with van der Waals surface area (Å²) in [7, 11) is 0. The molecule has 1 amide bonds. The summed E-state index contributed by atoms with van der Waals surface area (Å²) in [6.45, 7) is 5.63. The first-order valence-corrected chi connectivity index (χ1v) is 10.8. The topological polar surface area (TPSA) is 113 Å². The van der Waals surface area contributed by atoms with Gasteiger partial charge >= 0.3 is 5.63 Å². The Balaban J connectivity index is 1.76. The predicted molar refractivity (Wildman–Crippen MR) is 123 cm³/mol. The predicted octanol–water partition coefficient (Wildman–Crippen LogP) is 3.32. The van der Waals surface area contributed by atoms with Crippen LogP contribution in [0.4, 0.5) is 0 Å². The molecule has 0 unspecified atom stereocenters. The fraction of sp³-hybridized carbons (Fsp3) is 0.269. The number of rotatable bonds is 7. The minimum atomic E-state index is -1.23. The molecule has 0 saturated heterocycles. The van der Waals surface area contributed by atoms with E-state index >= 15 is 0 Å². The van der Waals surface area contributed by atoms with Crippen LogP contribution in [0.15, 0.2) is 50.0 Å². The van der Waals surface area contributed by atoms with Crippen LogP contribution >= 0.6 is 0 Å². The smallest absolute Gasteiger partial charge is 0.339 e. The molecule has 0 radical (unpaired) electrons. The number of carboxylic acid groups (broad SMARTS) is 1. The minimum Gasteiger partial charge on any atom is -0.550 e. The highest BCUT2D eigenvalue weighted by molar-refractivity contribution is 6.05. The molecule has 0 aliphatic rings. The summed E-state index contributed by atoms with van der Waals surface area (Å²) in [6, 6.07) is 11.9. The van der Waals surface area contributed by atoms with Crippen LogP contribution in [-0.2, 0) is 16.0 Å². The molecule has 33 heavy (non-hydrogen) atoms. The van der Waals surface area contributed by atoms with Crippen molar-refractivity contribution in [1.29, 1.82) is 0 Å². The summed E-state index contributed by atoms with van der Waals surface area (Å²) in [6.07, 6.45) is -0.0220. The molecular formula is C26H24NO6-. The first-order valence-electron chi connectivity index (χ1n) is 10.8. The maximum absolute atomic E-state index is 12.7. The molecule has 4 rings (SSSR count). The van der Waals surface area contributed by atoms with Crippen LogP contribution < -0.4 is 16.0 Å². The van der Waals surface area contributed by atoms with Crippen molar-refractivity contribution in [3.8, 4) is 11.1 Å². The number of carboxylic acids is 1. The Morgan fingerprint density at radius 1 is 0.939 bits per heavy atom. The van der Waals surface area contributed by atoms with Gasteiger partial charge < -0.3 is 24.1 Å². The van der Waals surface area contributed by atoms with Crippen molar-refractivity contribution >= 4 is 33.8 Å². The molecule has 0 bridgehead atoms. The first kappa shape index (κ1) is 22.3. The molecule has 7 heteroatoms. The van der Waals surface area contributed by atoms with Crippen LogP contribution in [0.5, 0.6) is 0 Å². The number of aryl methyl sites for hydroxylation is 3. The number of furan rings is 1. The van der Waals surface area contributed by atoms with Gasteiger partial charge in [-0.3, -0.25) is 4.79 Å². The second-order valence-electron chi connectivity index (χ2n) is 8.12. The van der Waals surface area contributed by atoms with E-state index < -0.39 is 11.6 Å². The molecule has 0 aliphatic carbocycles. The van der Waals surface area contributed by atoms with Crippen molar-refractivity contribution in [1.82, 2.24) is 5.32 Å². The van der Waals surface area contributed by atoms with Crippen molar-refractivity contribution in [3.63, 3.8) is 0 Å². The molecule has 1 N–H and O–H groups in total. The van der Waals surface area contributed by atoms with Gasteiger partial charge in [0.05, 0.1) is 0 Å². The molecule has 7 nitrogen and oxygen atoms in total. The number of hydrogen-bond donors (Lipinski definition) is 1. The summed E-state index contributed by atoms with van der Waals surface area (Å²) in [4.78, 5) is 35.3. The zero-order chi connectivity index (χ0) is 23.7. The van der Waals surface area contributed by atoms with E-state index in [2.05, 4.69) is 5.32 Å². The van der Waals surface area contributed by atoms with E-state index in [1.165, 1.54) is 0 Å². The van der Waals surface area contributed by atoms with E-state index in [1.807, 2.05) is 57.2 Å². The number of fused-ring (bicyclic) bond motifs is 2. The molecule has 0 fully saturated rings. The van der Waals surface area contributed by atoms with Crippen molar-refractivity contribution in [2.45, 2.75) is 40.0 Å². The number of aliphatic carboxylic acids is 1. The second-order valence-corrected chi connectivity index (χ2v) is 8.12. The Morgan fingerprint density at radius 2 is 1.64 bits per heavy atom. The molecule has 170 valence electrons. The molecule has 2 heterocycles. The van der Waals surface area contributed by atoms with Gasteiger partial charge in [0.25, 0.3) is 0 Å². The van der Waals surface area contributed by atoms with Crippen LogP contribution in [0.1, 0.15) is 35.3 Å². The van der Waals surface area contributed by atoms with E-state index in [-0.39, 0.29) is 31.7 Å². The van der Waals surface area contributed by atoms with E-state index in [1.54, 1.807) is 0 Å². The van der Waals surface area contributed by atoms with Crippen molar-refractivity contribution in [3.05, 3.63) is 69.3 Å². The third-order valence-electron chi connectivity index (χ3n) is 5.95. The highest BCUT2D eigenvalue weighted by atomic mass is 16.4.